The number of unbranched alkanes of at least 4 members (excludes halogenated alkanes) is 2. The summed E-state index contributed by atoms with van der Waals surface area (Å²) in [4.78, 5) is 14.9. The van der Waals surface area contributed by atoms with Gasteiger partial charge in [0, 0.05) is 11.4 Å². The van der Waals surface area contributed by atoms with E-state index in [1.54, 1.807) is 17.8 Å². The van der Waals surface area contributed by atoms with Gasteiger partial charge in [0.1, 0.15) is 0 Å². The first-order chi connectivity index (χ1) is 9.26. The Morgan fingerprint density at radius 3 is 2.89 bits per heavy atom. The van der Waals surface area contributed by atoms with Crippen molar-refractivity contribution in [2.45, 2.75) is 31.1 Å². The lowest BCUT2D eigenvalue weighted by Gasteiger charge is -2.20. The number of hydrogen-bond donors (Lipinski definition) is 0. The highest BCUT2D eigenvalue weighted by molar-refractivity contribution is 8.03. The largest absolute Gasteiger partial charge is 0.466 e. The molecule has 0 fully saturated rings. The second-order valence-electron chi connectivity index (χ2n) is 4.43. The van der Waals surface area contributed by atoms with E-state index in [0.717, 1.165) is 18.0 Å². The summed E-state index contributed by atoms with van der Waals surface area (Å²) in [5.41, 5.74) is 1.19. The molecule has 0 spiro atoms. The van der Waals surface area contributed by atoms with Crippen LogP contribution >= 0.6 is 11.8 Å². The molecule has 1 aromatic rings. The monoisotopic (exact) mass is 277 g/mol. The van der Waals surface area contributed by atoms with E-state index in [1.165, 1.54) is 30.5 Å². The number of anilines is 1. The van der Waals surface area contributed by atoms with Gasteiger partial charge in [0.05, 0.1) is 23.9 Å². The van der Waals surface area contributed by atoms with Gasteiger partial charge in [0.2, 0.25) is 0 Å². The molecule has 2 rings (SSSR count). The Hall–Kier alpha value is -1.42. The molecule has 0 bridgehead atoms. The predicted octanol–water partition coefficient (Wildman–Crippen LogP) is 3.80. The summed E-state index contributed by atoms with van der Waals surface area (Å²) >= 11 is 1.63. The van der Waals surface area contributed by atoms with Crippen LogP contribution in [0, 0.1) is 0 Å². The fraction of sp³-hybridized carbons (Fsp3) is 0.400. The van der Waals surface area contributed by atoms with Gasteiger partial charge in [0.25, 0.3) is 0 Å². The minimum atomic E-state index is -0.296. The highest BCUT2D eigenvalue weighted by Crippen LogP contribution is 2.45. The standard InChI is InChI=1S/C15H19NO2S/c1-3-4-7-10-16-12-8-5-6-9-13(12)19-14(16)11-15(17)18-2/h5-6,8-9,11H,3-4,7,10H2,1-2H3/b14-11+. The van der Waals surface area contributed by atoms with Crippen molar-refractivity contribution >= 4 is 23.4 Å². The van der Waals surface area contributed by atoms with Crippen molar-refractivity contribution in [3.63, 3.8) is 0 Å². The molecule has 1 aliphatic heterocycles. The average Bonchev–Trinajstić information content (AvgIpc) is 2.77. The zero-order chi connectivity index (χ0) is 13.7. The molecule has 1 aromatic carbocycles. The van der Waals surface area contributed by atoms with Crippen LogP contribution in [0.4, 0.5) is 5.69 Å². The Morgan fingerprint density at radius 1 is 1.37 bits per heavy atom. The number of methoxy groups -OCH3 is 1. The second kappa shape index (κ2) is 6.66. The van der Waals surface area contributed by atoms with Crippen molar-refractivity contribution in [2.24, 2.45) is 0 Å². The quantitative estimate of drug-likeness (QED) is 0.465. The fourth-order valence-corrected chi connectivity index (χ4v) is 3.18. The number of thioether (sulfide) groups is 1. The van der Waals surface area contributed by atoms with Gasteiger partial charge in [0.15, 0.2) is 0 Å². The lowest BCUT2D eigenvalue weighted by molar-refractivity contribution is -0.134. The maximum absolute atomic E-state index is 11.5. The van der Waals surface area contributed by atoms with Gasteiger partial charge >= 0.3 is 5.97 Å². The van der Waals surface area contributed by atoms with Crippen molar-refractivity contribution in [3.8, 4) is 0 Å². The normalized spacial score (nSPS) is 15.7. The van der Waals surface area contributed by atoms with E-state index in [9.17, 15) is 4.79 Å². The molecule has 0 saturated carbocycles. The molecule has 102 valence electrons. The van der Waals surface area contributed by atoms with Gasteiger partial charge in [-0.3, -0.25) is 0 Å². The van der Waals surface area contributed by atoms with Gasteiger partial charge in [-0.25, -0.2) is 4.79 Å². The van der Waals surface area contributed by atoms with Crippen LogP contribution in [0.25, 0.3) is 0 Å². The van der Waals surface area contributed by atoms with Gasteiger partial charge in [-0.2, -0.15) is 0 Å². The number of ether oxygens (including phenoxy) is 1. The molecule has 0 amide bonds. The van der Waals surface area contributed by atoms with Gasteiger partial charge in [-0.15, -0.1) is 0 Å². The number of benzene rings is 1. The maximum Gasteiger partial charge on any atom is 0.333 e. The summed E-state index contributed by atoms with van der Waals surface area (Å²) in [5.74, 6) is -0.296. The molecule has 0 atom stereocenters. The van der Waals surface area contributed by atoms with E-state index < -0.39 is 0 Å². The summed E-state index contributed by atoms with van der Waals surface area (Å²) < 4.78 is 4.73. The maximum atomic E-state index is 11.5. The molecule has 19 heavy (non-hydrogen) atoms. The first-order valence-corrected chi connectivity index (χ1v) is 7.42. The van der Waals surface area contributed by atoms with Crippen LogP contribution in [0.15, 0.2) is 40.3 Å². The van der Waals surface area contributed by atoms with Crippen LogP contribution < -0.4 is 4.90 Å². The number of carbonyl (C=O) groups excluding carboxylic acids is 1. The Balaban J connectivity index is 2.20. The number of para-hydroxylation sites is 1. The number of fused-ring (bicyclic) bond motifs is 1. The topological polar surface area (TPSA) is 29.5 Å². The molecule has 0 radical (unpaired) electrons. The Labute approximate surface area is 118 Å². The smallest absolute Gasteiger partial charge is 0.333 e. The molecule has 0 unspecified atom stereocenters. The van der Waals surface area contributed by atoms with E-state index in [1.807, 2.05) is 12.1 Å². The SMILES string of the molecule is CCCCCN1/C(=C\C(=O)OC)Sc2ccccc21. The first-order valence-electron chi connectivity index (χ1n) is 6.60. The summed E-state index contributed by atoms with van der Waals surface area (Å²) in [7, 11) is 1.41. The third-order valence-corrected chi connectivity index (χ3v) is 4.18. The van der Waals surface area contributed by atoms with Crippen molar-refractivity contribution < 1.29 is 9.53 Å². The van der Waals surface area contributed by atoms with Crippen molar-refractivity contribution in [3.05, 3.63) is 35.4 Å². The number of esters is 1. The predicted molar refractivity (Wildman–Crippen MR) is 79.3 cm³/mol. The fourth-order valence-electron chi connectivity index (χ4n) is 2.07. The molecule has 0 N–H and O–H groups in total. The summed E-state index contributed by atoms with van der Waals surface area (Å²) in [6.45, 7) is 3.14. The lowest BCUT2D eigenvalue weighted by atomic mass is 10.2. The zero-order valence-electron chi connectivity index (χ0n) is 11.4. The van der Waals surface area contributed by atoms with Crippen LogP contribution in [-0.2, 0) is 9.53 Å². The highest BCUT2D eigenvalue weighted by Gasteiger charge is 2.24. The van der Waals surface area contributed by atoms with Gasteiger partial charge in [-0.05, 0) is 18.6 Å². The number of rotatable bonds is 5. The number of nitrogens with zero attached hydrogens (tertiary/aromatic N) is 1. The molecular formula is C15H19NO2S. The van der Waals surface area contributed by atoms with Crippen LogP contribution in [0.1, 0.15) is 26.2 Å². The van der Waals surface area contributed by atoms with Crippen molar-refractivity contribution in [1.82, 2.24) is 0 Å². The van der Waals surface area contributed by atoms with E-state index >= 15 is 0 Å². The summed E-state index contributed by atoms with van der Waals surface area (Å²) in [5, 5.41) is 0.962. The molecule has 3 nitrogen and oxygen atoms in total. The molecule has 0 saturated heterocycles. The van der Waals surface area contributed by atoms with Gasteiger partial charge < -0.3 is 9.64 Å². The van der Waals surface area contributed by atoms with E-state index in [2.05, 4.69) is 24.0 Å². The highest BCUT2D eigenvalue weighted by atomic mass is 32.2. The van der Waals surface area contributed by atoms with E-state index in [-0.39, 0.29) is 5.97 Å². The van der Waals surface area contributed by atoms with E-state index in [4.69, 9.17) is 4.74 Å². The zero-order valence-corrected chi connectivity index (χ0v) is 12.2. The molecule has 0 aliphatic carbocycles. The van der Waals surface area contributed by atoms with Crippen LogP contribution in [0.3, 0.4) is 0 Å². The second-order valence-corrected chi connectivity index (χ2v) is 5.50. The third kappa shape index (κ3) is 3.32. The molecule has 1 aliphatic rings. The third-order valence-electron chi connectivity index (χ3n) is 3.06. The Kier molecular flexibility index (Phi) is 4.91. The lowest BCUT2D eigenvalue weighted by Crippen LogP contribution is -2.20. The Bertz CT molecular complexity index is 485. The molecule has 0 aromatic heterocycles. The number of hydrogen-bond acceptors (Lipinski definition) is 4. The van der Waals surface area contributed by atoms with Gasteiger partial charge in [-0.1, -0.05) is 43.7 Å². The van der Waals surface area contributed by atoms with E-state index in [0.29, 0.717) is 0 Å². The van der Waals surface area contributed by atoms with Crippen LogP contribution in [-0.4, -0.2) is 19.6 Å². The first kappa shape index (κ1) is 14.0. The minimum absolute atomic E-state index is 0.296. The summed E-state index contributed by atoms with van der Waals surface area (Å²) in [6, 6.07) is 8.25. The molecule has 1 heterocycles. The van der Waals surface area contributed by atoms with Crippen molar-refractivity contribution in [2.75, 3.05) is 18.6 Å². The summed E-state index contributed by atoms with van der Waals surface area (Å²) in [6.07, 6.45) is 5.11. The van der Waals surface area contributed by atoms with Crippen molar-refractivity contribution in [1.29, 1.82) is 0 Å². The molecule has 4 heteroatoms. The number of carbonyl (C=O) groups is 1. The Morgan fingerprint density at radius 2 is 2.16 bits per heavy atom. The van der Waals surface area contributed by atoms with Crippen LogP contribution in [0.5, 0.6) is 0 Å². The van der Waals surface area contributed by atoms with Crippen LogP contribution in [0.2, 0.25) is 0 Å². The molecular weight excluding hydrogens is 258 g/mol. The minimum Gasteiger partial charge on any atom is -0.466 e. The average molecular weight is 277 g/mol.